The van der Waals surface area contributed by atoms with E-state index in [0.29, 0.717) is 5.56 Å². The molecule has 2 N–H and O–H groups in total. The Hall–Kier alpha value is -1.35. The van der Waals surface area contributed by atoms with Crippen molar-refractivity contribution < 1.29 is 9.90 Å². The van der Waals surface area contributed by atoms with Crippen LogP contribution in [0.5, 0.6) is 0 Å². The van der Waals surface area contributed by atoms with Gasteiger partial charge in [-0.15, -0.1) is 0 Å². The van der Waals surface area contributed by atoms with Crippen LogP contribution in [-0.2, 0) is 0 Å². The van der Waals surface area contributed by atoms with E-state index in [4.69, 9.17) is 5.11 Å². The van der Waals surface area contributed by atoms with Gasteiger partial charge in [-0.1, -0.05) is 6.07 Å². The Kier molecular flexibility index (Phi) is 3.25. The van der Waals surface area contributed by atoms with E-state index in [1.807, 2.05) is 27.0 Å². The zero-order valence-electron chi connectivity index (χ0n) is 8.66. The Labute approximate surface area is 83.8 Å². The first-order chi connectivity index (χ1) is 6.56. The molecule has 14 heavy (non-hydrogen) atoms. The van der Waals surface area contributed by atoms with Crippen LogP contribution in [0, 0.1) is 6.92 Å². The Morgan fingerprint density at radius 1 is 1.50 bits per heavy atom. The van der Waals surface area contributed by atoms with Gasteiger partial charge in [0, 0.05) is 6.04 Å². The van der Waals surface area contributed by atoms with Crippen molar-refractivity contribution in [2.75, 3.05) is 7.05 Å². The molecule has 0 aromatic heterocycles. The van der Waals surface area contributed by atoms with Crippen LogP contribution in [0.1, 0.15) is 34.5 Å². The van der Waals surface area contributed by atoms with Crippen molar-refractivity contribution in [1.82, 2.24) is 5.32 Å². The number of carbonyl (C=O) groups is 1. The van der Waals surface area contributed by atoms with Crippen molar-refractivity contribution >= 4 is 5.97 Å². The number of aryl methyl sites for hydroxylation is 1. The quantitative estimate of drug-likeness (QED) is 0.771. The first-order valence-corrected chi connectivity index (χ1v) is 4.57. The first-order valence-electron chi connectivity index (χ1n) is 4.57. The third kappa shape index (κ3) is 2.12. The summed E-state index contributed by atoms with van der Waals surface area (Å²) in [5.41, 5.74) is 2.48. The fourth-order valence-corrected chi connectivity index (χ4v) is 1.40. The monoisotopic (exact) mass is 193 g/mol. The molecular weight excluding hydrogens is 178 g/mol. The molecule has 0 aliphatic heterocycles. The molecule has 0 unspecified atom stereocenters. The molecular formula is C11H15NO2. The van der Waals surface area contributed by atoms with E-state index < -0.39 is 5.97 Å². The van der Waals surface area contributed by atoms with E-state index in [1.54, 1.807) is 12.1 Å². The summed E-state index contributed by atoms with van der Waals surface area (Å²) >= 11 is 0. The molecule has 0 aliphatic carbocycles. The molecule has 1 rings (SSSR count). The van der Waals surface area contributed by atoms with Crippen LogP contribution < -0.4 is 5.32 Å². The third-order valence-electron chi connectivity index (χ3n) is 2.43. The molecule has 76 valence electrons. The molecule has 0 amide bonds. The summed E-state index contributed by atoms with van der Waals surface area (Å²) in [6, 6.07) is 5.36. The number of nitrogens with one attached hydrogen (secondary N) is 1. The highest BCUT2D eigenvalue weighted by Crippen LogP contribution is 2.18. The summed E-state index contributed by atoms with van der Waals surface area (Å²) in [5.74, 6) is -0.880. The van der Waals surface area contributed by atoms with Gasteiger partial charge in [0.25, 0.3) is 0 Å². The summed E-state index contributed by atoms with van der Waals surface area (Å²) in [6.45, 7) is 3.99. The molecule has 0 saturated heterocycles. The highest BCUT2D eigenvalue weighted by Gasteiger charge is 2.09. The molecule has 1 aromatic rings. The average molecular weight is 193 g/mol. The van der Waals surface area contributed by atoms with Gasteiger partial charge in [0.05, 0.1) is 5.56 Å². The summed E-state index contributed by atoms with van der Waals surface area (Å²) in [5, 5.41) is 11.9. The van der Waals surface area contributed by atoms with Crippen LogP contribution in [-0.4, -0.2) is 18.1 Å². The lowest BCUT2D eigenvalue weighted by molar-refractivity contribution is 0.0696. The maximum absolute atomic E-state index is 10.8. The fraction of sp³-hybridized carbons (Fsp3) is 0.364. The second-order valence-corrected chi connectivity index (χ2v) is 3.39. The lowest BCUT2D eigenvalue weighted by Gasteiger charge is -2.14. The highest BCUT2D eigenvalue weighted by molar-refractivity contribution is 5.87. The van der Waals surface area contributed by atoms with Gasteiger partial charge < -0.3 is 10.4 Å². The van der Waals surface area contributed by atoms with Crippen LogP contribution in [0.2, 0.25) is 0 Å². The molecule has 1 aromatic carbocycles. The van der Waals surface area contributed by atoms with Crippen molar-refractivity contribution in [3.05, 3.63) is 34.9 Å². The minimum Gasteiger partial charge on any atom is -0.478 e. The van der Waals surface area contributed by atoms with E-state index in [-0.39, 0.29) is 6.04 Å². The Morgan fingerprint density at radius 3 is 2.64 bits per heavy atom. The van der Waals surface area contributed by atoms with Crippen LogP contribution >= 0.6 is 0 Å². The van der Waals surface area contributed by atoms with Gasteiger partial charge in [0.2, 0.25) is 0 Å². The Morgan fingerprint density at radius 2 is 2.14 bits per heavy atom. The first kappa shape index (κ1) is 10.7. The largest absolute Gasteiger partial charge is 0.478 e. The van der Waals surface area contributed by atoms with Crippen LogP contribution in [0.4, 0.5) is 0 Å². The number of carboxylic acid groups (broad SMARTS) is 1. The number of hydrogen-bond acceptors (Lipinski definition) is 2. The van der Waals surface area contributed by atoms with E-state index in [9.17, 15) is 4.79 Å². The molecule has 0 radical (unpaired) electrons. The normalized spacial score (nSPS) is 12.5. The number of carboxylic acids is 1. The number of aromatic carboxylic acids is 1. The molecule has 0 aliphatic rings. The van der Waals surface area contributed by atoms with Crippen molar-refractivity contribution in [3.8, 4) is 0 Å². The molecule has 0 bridgehead atoms. The van der Waals surface area contributed by atoms with Crippen molar-refractivity contribution in [2.45, 2.75) is 19.9 Å². The van der Waals surface area contributed by atoms with Crippen LogP contribution in [0.3, 0.4) is 0 Å². The number of benzene rings is 1. The summed E-state index contributed by atoms with van der Waals surface area (Å²) in [4.78, 5) is 10.8. The fourth-order valence-electron chi connectivity index (χ4n) is 1.40. The van der Waals surface area contributed by atoms with Gasteiger partial charge in [-0.3, -0.25) is 0 Å². The van der Waals surface area contributed by atoms with Gasteiger partial charge >= 0.3 is 5.97 Å². The minimum absolute atomic E-state index is 0.175. The standard InChI is InChI=1S/C11H15NO2/c1-7-4-5-9(11(13)14)6-10(7)8(2)12-3/h4-6,8,12H,1-3H3,(H,13,14)/t8-/m1/s1. The second-order valence-electron chi connectivity index (χ2n) is 3.39. The summed E-state index contributed by atoms with van der Waals surface area (Å²) < 4.78 is 0. The summed E-state index contributed by atoms with van der Waals surface area (Å²) in [7, 11) is 1.86. The molecule has 3 heteroatoms. The smallest absolute Gasteiger partial charge is 0.335 e. The van der Waals surface area contributed by atoms with Crippen molar-refractivity contribution in [1.29, 1.82) is 0 Å². The summed E-state index contributed by atoms with van der Waals surface area (Å²) in [6.07, 6.45) is 0. The van der Waals surface area contributed by atoms with Crippen molar-refractivity contribution in [3.63, 3.8) is 0 Å². The van der Waals surface area contributed by atoms with Crippen LogP contribution in [0.25, 0.3) is 0 Å². The van der Waals surface area contributed by atoms with Gasteiger partial charge in [-0.05, 0) is 44.2 Å². The predicted octanol–water partition coefficient (Wildman–Crippen LogP) is 1.97. The maximum Gasteiger partial charge on any atom is 0.335 e. The number of hydrogen-bond donors (Lipinski definition) is 2. The number of rotatable bonds is 3. The van der Waals surface area contributed by atoms with Crippen molar-refractivity contribution in [2.24, 2.45) is 0 Å². The van der Waals surface area contributed by atoms with E-state index in [2.05, 4.69) is 5.32 Å². The Balaban J connectivity index is 3.14. The molecule has 0 saturated carbocycles. The molecule has 0 fully saturated rings. The lowest BCUT2D eigenvalue weighted by atomic mass is 10.00. The lowest BCUT2D eigenvalue weighted by Crippen LogP contribution is -2.14. The zero-order chi connectivity index (χ0) is 10.7. The minimum atomic E-state index is -0.880. The van der Waals surface area contributed by atoms with Gasteiger partial charge in [-0.25, -0.2) is 4.79 Å². The third-order valence-corrected chi connectivity index (χ3v) is 2.43. The van der Waals surface area contributed by atoms with Crippen LogP contribution in [0.15, 0.2) is 18.2 Å². The maximum atomic E-state index is 10.8. The second kappa shape index (κ2) is 4.24. The molecule has 0 spiro atoms. The predicted molar refractivity (Wildman–Crippen MR) is 55.6 cm³/mol. The van der Waals surface area contributed by atoms with Gasteiger partial charge in [-0.2, -0.15) is 0 Å². The van der Waals surface area contributed by atoms with E-state index in [1.165, 1.54) is 0 Å². The molecule has 3 nitrogen and oxygen atoms in total. The Bertz CT molecular complexity index is 347. The van der Waals surface area contributed by atoms with Gasteiger partial charge in [0.1, 0.15) is 0 Å². The highest BCUT2D eigenvalue weighted by atomic mass is 16.4. The SMILES string of the molecule is CN[C@H](C)c1cc(C(=O)O)ccc1C. The topological polar surface area (TPSA) is 49.3 Å². The van der Waals surface area contributed by atoms with E-state index >= 15 is 0 Å². The van der Waals surface area contributed by atoms with E-state index in [0.717, 1.165) is 11.1 Å². The molecule has 0 heterocycles. The van der Waals surface area contributed by atoms with Gasteiger partial charge in [0.15, 0.2) is 0 Å². The molecule has 1 atom stereocenters. The zero-order valence-corrected chi connectivity index (χ0v) is 8.66. The average Bonchev–Trinajstić information content (AvgIpc) is 2.17.